The molecule has 246 valence electrons. The van der Waals surface area contributed by atoms with Crippen LogP contribution in [0.4, 0.5) is 17.1 Å². The molecule has 6 rings (SSSR count). The highest BCUT2D eigenvalue weighted by Gasteiger charge is 2.21. The lowest BCUT2D eigenvalue weighted by Crippen LogP contribution is -2.14. The molecule has 4 N–H and O–H groups in total. The third-order valence-corrected chi connectivity index (χ3v) is 8.92. The number of hydrogen-bond donors (Lipinski definition) is 4. The molecular formula is C32H22N6O9S2. The van der Waals surface area contributed by atoms with E-state index in [0.29, 0.717) is 39.3 Å². The average molecular weight is 699 g/mol. The lowest BCUT2D eigenvalue weighted by atomic mass is 9.94. The number of phenols is 1. The summed E-state index contributed by atoms with van der Waals surface area (Å²) in [5.74, 6) is -0.117. The number of allylic oxidation sites excluding steroid dienone is 6. The Morgan fingerprint density at radius 3 is 2.06 bits per heavy atom. The van der Waals surface area contributed by atoms with Gasteiger partial charge < -0.3 is 5.11 Å². The van der Waals surface area contributed by atoms with Gasteiger partial charge in [-0.1, -0.05) is 24.3 Å². The fraction of sp³-hybridized carbons (Fsp3) is 0. The lowest BCUT2D eigenvalue weighted by molar-refractivity contribution is -0.385. The number of nitro groups is 1. The van der Waals surface area contributed by atoms with Gasteiger partial charge in [0.05, 0.1) is 44.0 Å². The van der Waals surface area contributed by atoms with Crippen LogP contribution in [0, 0.1) is 10.1 Å². The number of anilines is 1. The predicted molar refractivity (Wildman–Crippen MR) is 183 cm³/mol. The minimum atomic E-state index is -4.79. The van der Waals surface area contributed by atoms with Gasteiger partial charge in [-0.2, -0.15) is 27.0 Å². The fourth-order valence-electron chi connectivity index (χ4n) is 4.89. The van der Waals surface area contributed by atoms with Crippen LogP contribution in [0.5, 0.6) is 5.75 Å². The molecule has 4 aromatic rings. The normalized spacial score (nSPS) is 15.9. The molecule has 17 heteroatoms. The number of nitrogens with zero attached hydrogens (tertiary/aromatic N) is 5. The van der Waals surface area contributed by atoms with Crippen molar-refractivity contribution in [2.45, 2.75) is 9.79 Å². The van der Waals surface area contributed by atoms with Crippen molar-refractivity contribution in [1.82, 2.24) is 0 Å². The zero-order valence-electron chi connectivity index (χ0n) is 24.7. The highest BCUT2D eigenvalue weighted by Crippen LogP contribution is 2.32. The van der Waals surface area contributed by atoms with Gasteiger partial charge in [0.25, 0.3) is 25.9 Å². The van der Waals surface area contributed by atoms with Crippen molar-refractivity contribution in [1.29, 1.82) is 0 Å². The number of aromatic hydroxyl groups is 1. The van der Waals surface area contributed by atoms with Gasteiger partial charge in [-0.3, -0.25) is 24.6 Å². The summed E-state index contributed by atoms with van der Waals surface area (Å²) in [7, 11) is -9.23. The molecule has 0 atom stereocenters. The van der Waals surface area contributed by atoms with Crippen LogP contribution in [0.15, 0.2) is 139 Å². The number of fused-ring (bicyclic) bond motifs is 2. The second-order valence-electron chi connectivity index (χ2n) is 10.4. The van der Waals surface area contributed by atoms with E-state index in [-0.39, 0.29) is 16.3 Å². The number of non-ortho nitro benzene ring substituents is 1. The molecule has 2 aliphatic rings. The first-order valence-corrected chi connectivity index (χ1v) is 16.9. The van der Waals surface area contributed by atoms with Gasteiger partial charge >= 0.3 is 0 Å². The second-order valence-corrected chi connectivity index (χ2v) is 13.3. The summed E-state index contributed by atoms with van der Waals surface area (Å²) in [5, 5.41) is 35.4. The molecule has 15 nitrogen and oxygen atoms in total. The van der Waals surface area contributed by atoms with E-state index in [1.54, 1.807) is 30.4 Å². The van der Waals surface area contributed by atoms with Gasteiger partial charge in [0.1, 0.15) is 10.6 Å². The third-order valence-electron chi connectivity index (χ3n) is 7.19. The molecule has 0 unspecified atom stereocenters. The van der Waals surface area contributed by atoms with Crippen LogP contribution in [-0.4, -0.2) is 58.8 Å². The Labute approximate surface area is 278 Å². The number of hydrogen-bond acceptors (Lipinski definition) is 12. The molecule has 0 saturated heterocycles. The first-order valence-electron chi connectivity index (χ1n) is 14.0. The molecule has 0 fully saturated rings. The van der Waals surface area contributed by atoms with E-state index < -0.39 is 35.7 Å². The lowest BCUT2D eigenvalue weighted by Gasteiger charge is -2.14. The summed E-state index contributed by atoms with van der Waals surface area (Å²) in [4.78, 5) is 13.4. The Kier molecular flexibility index (Phi) is 8.57. The third kappa shape index (κ3) is 7.24. The van der Waals surface area contributed by atoms with E-state index in [0.717, 1.165) is 29.3 Å². The van der Waals surface area contributed by atoms with E-state index in [4.69, 9.17) is 0 Å². The molecule has 0 heterocycles. The highest BCUT2D eigenvalue weighted by molar-refractivity contribution is 7.86. The Bertz CT molecular complexity index is 2500. The smallest absolute Gasteiger partial charge is 0.296 e. The van der Waals surface area contributed by atoms with Gasteiger partial charge in [0, 0.05) is 34.7 Å². The van der Waals surface area contributed by atoms with Crippen molar-refractivity contribution in [3.8, 4) is 5.75 Å². The molecule has 0 saturated carbocycles. The molecule has 0 radical (unpaired) electrons. The fourth-order valence-corrected chi connectivity index (χ4v) is 6.05. The minimum Gasteiger partial charge on any atom is -0.507 e. The Balaban J connectivity index is 1.23. The number of nitrogens with one attached hydrogen (secondary N) is 1. The summed E-state index contributed by atoms with van der Waals surface area (Å²) in [6, 6.07) is 17.1. The topological polar surface area (TPSA) is 234 Å². The molecule has 4 aromatic carbocycles. The first-order chi connectivity index (χ1) is 23.3. The number of hydrazone groups is 1. The number of rotatable bonds is 7. The summed E-state index contributed by atoms with van der Waals surface area (Å²) in [6.07, 6.45) is 9.63. The van der Waals surface area contributed by atoms with Crippen molar-refractivity contribution in [2.75, 3.05) is 5.43 Å². The molecule has 0 spiro atoms. The maximum atomic E-state index is 11.8. The zero-order valence-corrected chi connectivity index (χ0v) is 26.4. The number of phenolic OH excluding ortho intramolecular Hbond substituents is 1. The number of benzene rings is 4. The minimum absolute atomic E-state index is 0.117. The predicted octanol–water partition coefficient (Wildman–Crippen LogP) is 5.38. The Hall–Kier alpha value is -6.14. The van der Waals surface area contributed by atoms with E-state index in [1.165, 1.54) is 36.4 Å². The standard InChI is InChI=1S/C32H22N6O9S2/c39-31-17-22(15-19-16-24(48(42,43)44)10-11-25(19)31)35-37-29-14-13-28(26-3-1-2-4-27(26)29)36-34-21-7-5-20(6-8-21)33-30-12-9-23(38(40)41)18-32(30)49(45,46)47/h1-18,35,39H,(H,42,43,44)(H,45,46,47). The molecular weight excluding hydrogens is 677 g/mol. The van der Waals surface area contributed by atoms with Crippen molar-refractivity contribution in [3.63, 3.8) is 0 Å². The molecule has 0 amide bonds. The van der Waals surface area contributed by atoms with E-state index in [2.05, 4.69) is 25.7 Å². The van der Waals surface area contributed by atoms with Crippen LogP contribution >= 0.6 is 0 Å². The maximum absolute atomic E-state index is 11.8. The van der Waals surface area contributed by atoms with Crippen LogP contribution in [0.2, 0.25) is 0 Å². The van der Waals surface area contributed by atoms with Gasteiger partial charge in [-0.25, -0.2) is 4.99 Å². The van der Waals surface area contributed by atoms with Gasteiger partial charge in [0.15, 0.2) is 0 Å². The Morgan fingerprint density at radius 1 is 0.714 bits per heavy atom. The van der Waals surface area contributed by atoms with E-state index in [1.807, 2.05) is 24.3 Å². The van der Waals surface area contributed by atoms with E-state index >= 15 is 0 Å². The second kappa shape index (κ2) is 12.8. The molecule has 49 heavy (non-hydrogen) atoms. The van der Waals surface area contributed by atoms with Crippen molar-refractivity contribution < 1.29 is 36.0 Å². The average Bonchev–Trinajstić information content (AvgIpc) is 3.06. The summed E-state index contributed by atoms with van der Waals surface area (Å²) in [5.41, 5.74) is 5.76. The summed E-state index contributed by atoms with van der Waals surface area (Å²) < 4.78 is 65.7. The largest absolute Gasteiger partial charge is 0.507 e. The summed E-state index contributed by atoms with van der Waals surface area (Å²) >= 11 is 0. The zero-order chi connectivity index (χ0) is 34.9. The number of nitro benzene ring substituents is 1. The quantitative estimate of drug-likeness (QED) is 0.0833. The maximum Gasteiger partial charge on any atom is 0.296 e. The SMILES string of the molecule is O=[N+]([O-])c1ccc(N=C2C=CC(=NN=C3C=CC(=NNc4cc(O)c5ccc(S(=O)(=O)O)cc5c4)c4ccccc43)C=C2)c(S(=O)(=O)O)c1. The van der Waals surface area contributed by atoms with Crippen LogP contribution in [-0.2, 0) is 20.2 Å². The van der Waals surface area contributed by atoms with Crippen molar-refractivity contribution in [3.05, 3.63) is 130 Å². The molecule has 0 bridgehead atoms. The highest BCUT2D eigenvalue weighted by atomic mass is 32.2. The molecule has 0 aliphatic heterocycles. The summed E-state index contributed by atoms with van der Waals surface area (Å²) in [6.45, 7) is 0. The van der Waals surface area contributed by atoms with Crippen LogP contribution in [0.1, 0.15) is 11.1 Å². The van der Waals surface area contributed by atoms with Gasteiger partial charge in [0.2, 0.25) is 0 Å². The van der Waals surface area contributed by atoms with E-state index in [9.17, 15) is 41.2 Å². The van der Waals surface area contributed by atoms with Crippen LogP contribution in [0.3, 0.4) is 0 Å². The van der Waals surface area contributed by atoms with Crippen molar-refractivity contribution >= 4 is 70.9 Å². The Morgan fingerprint density at radius 2 is 1.39 bits per heavy atom. The number of aliphatic imine (C=N–C) groups is 1. The van der Waals surface area contributed by atoms with Crippen LogP contribution in [0.25, 0.3) is 10.8 Å². The molecule has 0 aromatic heterocycles. The molecule has 2 aliphatic carbocycles. The van der Waals surface area contributed by atoms with Crippen LogP contribution < -0.4 is 5.43 Å². The van der Waals surface area contributed by atoms with Gasteiger partial charge in [-0.05, 0) is 72.2 Å². The monoisotopic (exact) mass is 698 g/mol. The van der Waals surface area contributed by atoms with Crippen molar-refractivity contribution in [2.24, 2.45) is 20.3 Å². The van der Waals surface area contributed by atoms with Gasteiger partial charge in [-0.15, -0.1) is 5.10 Å². The first kappa shape index (κ1) is 32.8.